The van der Waals surface area contributed by atoms with Crippen molar-refractivity contribution in [2.75, 3.05) is 27.2 Å². The first-order valence-corrected chi connectivity index (χ1v) is 9.59. The Morgan fingerprint density at radius 3 is 2.46 bits per heavy atom. The van der Waals surface area contributed by atoms with Crippen LogP contribution in [-0.4, -0.2) is 38.1 Å². The lowest BCUT2D eigenvalue weighted by molar-refractivity contribution is 0.0474. The van der Waals surface area contributed by atoms with E-state index >= 15 is 0 Å². The minimum Gasteiger partial charge on any atom is -0.461 e. The Balaban J connectivity index is 1.78. The summed E-state index contributed by atoms with van der Waals surface area (Å²) in [6, 6.07) is 20.0. The number of ether oxygens (including phenoxy) is 1. The predicted molar refractivity (Wildman–Crippen MR) is 111 cm³/mol. The zero-order valence-corrected chi connectivity index (χ0v) is 16.4. The molecule has 1 atom stereocenters. The van der Waals surface area contributed by atoms with E-state index in [1.54, 1.807) is 0 Å². The van der Waals surface area contributed by atoms with Crippen LogP contribution >= 0.6 is 0 Å². The maximum atomic E-state index is 13.1. The van der Waals surface area contributed by atoms with Crippen molar-refractivity contribution in [1.29, 1.82) is 0 Å². The fraction of sp³-hybridized carbons (Fsp3) is 0.292. The number of esters is 1. The Morgan fingerprint density at radius 1 is 1.00 bits per heavy atom. The second-order valence-electron chi connectivity index (χ2n) is 7.32. The number of halogens is 1. The highest BCUT2D eigenvalue weighted by atomic mass is 19.1. The van der Waals surface area contributed by atoms with Gasteiger partial charge in [0.25, 0.3) is 0 Å². The lowest BCUT2D eigenvalue weighted by Gasteiger charge is -2.20. The van der Waals surface area contributed by atoms with Gasteiger partial charge in [0.15, 0.2) is 0 Å². The lowest BCUT2D eigenvalue weighted by Crippen LogP contribution is -2.17. The monoisotopic (exact) mass is 379 g/mol. The van der Waals surface area contributed by atoms with E-state index < -0.39 is 5.97 Å². The lowest BCUT2D eigenvalue weighted by atomic mass is 9.90. The van der Waals surface area contributed by atoms with Gasteiger partial charge in [0, 0.05) is 5.92 Å². The first-order valence-electron chi connectivity index (χ1n) is 9.59. The molecule has 0 spiro atoms. The van der Waals surface area contributed by atoms with E-state index in [4.69, 9.17) is 4.74 Å². The highest BCUT2D eigenvalue weighted by molar-refractivity contribution is 5.89. The third-order valence-electron chi connectivity index (χ3n) is 4.92. The van der Waals surface area contributed by atoms with Crippen LogP contribution in [-0.2, 0) is 4.74 Å². The molecule has 0 aromatic heterocycles. The summed E-state index contributed by atoms with van der Waals surface area (Å²) < 4.78 is 18.7. The molecule has 0 saturated heterocycles. The van der Waals surface area contributed by atoms with Crippen LogP contribution in [0.4, 0.5) is 4.39 Å². The minimum absolute atomic E-state index is 0.107. The van der Waals surface area contributed by atoms with E-state index in [2.05, 4.69) is 49.3 Å². The quantitative estimate of drug-likeness (QED) is 0.500. The van der Waals surface area contributed by atoms with Gasteiger partial charge in [-0.1, -0.05) is 42.5 Å². The summed E-state index contributed by atoms with van der Waals surface area (Å²) in [5.41, 5.74) is 1.56. The second kappa shape index (κ2) is 9.47. The Bertz CT molecular complexity index is 916. The van der Waals surface area contributed by atoms with Gasteiger partial charge >= 0.3 is 5.97 Å². The minimum atomic E-state index is -0.419. The topological polar surface area (TPSA) is 29.5 Å². The van der Waals surface area contributed by atoms with E-state index in [1.807, 2.05) is 12.1 Å². The molecule has 0 fully saturated rings. The number of nitrogens with zero attached hydrogens (tertiary/aromatic N) is 1. The molecule has 0 radical (unpaired) electrons. The molecule has 0 bridgehead atoms. The Kier molecular flexibility index (Phi) is 6.77. The summed E-state index contributed by atoms with van der Waals surface area (Å²) in [6.45, 7) is 1.28. The second-order valence-corrected chi connectivity index (χ2v) is 7.32. The summed E-state index contributed by atoms with van der Waals surface area (Å²) in [5, 5.41) is 2.38. The van der Waals surface area contributed by atoms with Gasteiger partial charge in [-0.2, -0.15) is 0 Å². The van der Waals surface area contributed by atoms with Gasteiger partial charge in [-0.15, -0.1) is 0 Å². The molecule has 3 aromatic rings. The molecule has 28 heavy (non-hydrogen) atoms. The van der Waals surface area contributed by atoms with Gasteiger partial charge in [-0.3, -0.25) is 0 Å². The Morgan fingerprint density at radius 2 is 1.71 bits per heavy atom. The molecule has 146 valence electrons. The molecule has 0 N–H and O–H groups in total. The number of fused-ring (bicyclic) bond motifs is 1. The fourth-order valence-electron chi connectivity index (χ4n) is 3.43. The van der Waals surface area contributed by atoms with Crippen LogP contribution in [0.25, 0.3) is 10.8 Å². The SMILES string of the molecule is CN(C)CCCC(COC(=O)c1ccc(F)cc1)c1cccc2ccccc12. The number of rotatable bonds is 8. The third kappa shape index (κ3) is 5.17. The Hall–Kier alpha value is -2.72. The van der Waals surface area contributed by atoms with Gasteiger partial charge in [0.05, 0.1) is 12.2 Å². The molecule has 0 aliphatic carbocycles. The molecule has 0 saturated carbocycles. The van der Waals surface area contributed by atoms with Gasteiger partial charge in [-0.25, -0.2) is 9.18 Å². The first-order chi connectivity index (χ1) is 13.5. The summed E-state index contributed by atoms with van der Waals surface area (Å²) in [4.78, 5) is 14.5. The van der Waals surface area contributed by atoms with Gasteiger partial charge in [0.2, 0.25) is 0 Å². The van der Waals surface area contributed by atoms with Crippen LogP contribution in [0.5, 0.6) is 0 Å². The molecule has 1 unspecified atom stereocenters. The normalized spacial score (nSPS) is 12.3. The Labute approximate surface area is 165 Å². The molecule has 3 aromatic carbocycles. The number of carbonyl (C=O) groups is 1. The van der Waals surface area contributed by atoms with E-state index in [-0.39, 0.29) is 11.7 Å². The van der Waals surface area contributed by atoms with Crippen LogP contribution in [0.3, 0.4) is 0 Å². The zero-order valence-electron chi connectivity index (χ0n) is 16.4. The van der Waals surface area contributed by atoms with Crippen LogP contribution < -0.4 is 0 Å². The number of hydrogen-bond donors (Lipinski definition) is 0. The average molecular weight is 379 g/mol. The number of benzene rings is 3. The van der Waals surface area contributed by atoms with Crippen molar-refractivity contribution in [2.24, 2.45) is 0 Å². The third-order valence-corrected chi connectivity index (χ3v) is 4.92. The average Bonchev–Trinajstić information content (AvgIpc) is 2.70. The van der Waals surface area contributed by atoms with Crippen molar-refractivity contribution in [3.63, 3.8) is 0 Å². The molecule has 3 rings (SSSR count). The highest BCUT2D eigenvalue weighted by Gasteiger charge is 2.18. The smallest absolute Gasteiger partial charge is 0.338 e. The number of hydrogen-bond acceptors (Lipinski definition) is 3. The van der Waals surface area contributed by atoms with Crippen molar-refractivity contribution in [3.8, 4) is 0 Å². The van der Waals surface area contributed by atoms with Gasteiger partial charge in [-0.05, 0) is 74.1 Å². The molecule has 0 heterocycles. The first kappa shape index (κ1) is 20.0. The van der Waals surface area contributed by atoms with Gasteiger partial charge < -0.3 is 9.64 Å². The van der Waals surface area contributed by atoms with Crippen molar-refractivity contribution in [1.82, 2.24) is 4.90 Å². The van der Waals surface area contributed by atoms with Crippen LogP contribution in [0.1, 0.15) is 34.7 Å². The van der Waals surface area contributed by atoms with Gasteiger partial charge in [0.1, 0.15) is 5.82 Å². The molecule has 0 amide bonds. The summed E-state index contributed by atoms with van der Waals surface area (Å²) in [7, 11) is 4.11. The number of carbonyl (C=O) groups excluding carboxylic acids is 1. The predicted octanol–water partition coefficient (Wildman–Crippen LogP) is 5.26. The van der Waals surface area contributed by atoms with Crippen LogP contribution in [0, 0.1) is 5.82 Å². The molecule has 3 nitrogen and oxygen atoms in total. The largest absolute Gasteiger partial charge is 0.461 e. The van der Waals surface area contributed by atoms with Crippen molar-refractivity contribution < 1.29 is 13.9 Å². The van der Waals surface area contributed by atoms with Crippen LogP contribution in [0.15, 0.2) is 66.7 Å². The maximum Gasteiger partial charge on any atom is 0.338 e. The molecular formula is C24H26FNO2. The zero-order chi connectivity index (χ0) is 19.9. The van der Waals surface area contributed by atoms with E-state index in [0.29, 0.717) is 12.2 Å². The summed E-state index contributed by atoms with van der Waals surface area (Å²) >= 11 is 0. The summed E-state index contributed by atoms with van der Waals surface area (Å²) in [5.74, 6) is -0.679. The van der Waals surface area contributed by atoms with Crippen molar-refractivity contribution in [3.05, 3.63) is 83.7 Å². The molecule has 0 aliphatic heterocycles. The van der Waals surface area contributed by atoms with E-state index in [9.17, 15) is 9.18 Å². The van der Waals surface area contributed by atoms with E-state index in [1.165, 1.54) is 40.6 Å². The molecule has 0 aliphatic rings. The fourth-order valence-corrected chi connectivity index (χ4v) is 3.43. The summed E-state index contributed by atoms with van der Waals surface area (Å²) in [6.07, 6.45) is 1.93. The maximum absolute atomic E-state index is 13.1. The highest BCUT2D eigenvalue weighted by Crippen LogP contribution is 2.29. The van der Waals surface area contributed by atoms with Crippen LogP contribution in [0.2, 0.25) is 0 Å². The standard InChI is InChI=1S/C24H26FNO2/c1-26(2)16-6-9-20(17-28-24(27)19-12-14-21(25)15-13-19)23-11-5-8-18-7-3-4-10-22(18)23/h3-5,7-8,10-15,20H,6,9,16-17H2,1-2H3. The molecule has 4 heteroatoms. The van der Waals surface area contributed by atoms with E-state index in [0.717, 1.165) is 19.4 Å². The van der Waals surface area contributed by atoms with Crippen molar-refractivity contribution >= 4 is 16.7 Å². The molecular weight excluding hydrogens is 353 g/mol. The van der Waals surface area contributed by atoms with Crippen molar-refractivity contribution in [2.45, 2.75) is 18.8 Å².